The molecule has 0 aliphatic heterocycles. The van der Waals surface area contributed by atoms with Crippen LogP contribution in [-0.2, 0) is 10.0 Å². The fourth-order valence-electron chi connectivity index (χ4n) is 1.35. The third-order valence-corrected chi connectivity index (χ3v) is 4.36. The molecule has 106 valence electrons. The molecule has 0 aromatic heterocycles. The van der Waals surface area contributed by atoms with Crippen molar-refractivity contribution in [3.05, 3.63) is 23.8 Å². The van der Waals surface area contributed by atoms with Crippen molar-refractivity contribution in [3.8, 4) is 0 Å². The van der Waals surface area contributed by atoms with Crippen LogP contribution < -0.4 is 11.1 Å². The van der Waals surface area contributed by atoms with Crippen LogP contribution in [0.15, 0.2) is 18.2 Å². The molecule has 0 fully saturated rings. The molecule has 0 aliphatic carbocycles. The Morgan fingerprint density at radius 2 is 2.05 bits per heavy atom. The summed E-state index contributed by atoms with van der Waals surface area (Å²) in [4.78, 5) is 10.7. The number of nitrogens with zero attached hydrogens (tertiary/aromatic N) is 1. The van der Waals surface area contributed by atoms with Crippen LogP contribution in [-0.4, -0.2) is 50.2 Å². The van der Waals surface area contributed by atoms with Crippen LogP contribution in [0, 0.1) is 0 Å². The van der Waals surface area contributed by atoms with Gasteiger partial charge >= 0.3 is 5.97 Å². The van der Waals surface area contributed by atoms with Crippen molar-refractivity contribution in [2.45, 2.75) is 0 Å². The van der Waals surface area contributed by atoms with E-state index in [4.69, 9.17) is 10.8 Å². The van der Waals surface area contributed by atoms with Crippen molar-refractivity contribution in [1.82, 2.24) is 4.31 Å². The summed E-state index contributed by atoms with van der Waals surface area (Å²) in [6.45, 7) is 0.192. The van der Waals surface area contributed by atoms with Crippen molar-refractivity contribution in [3.63, 3.8) is 0 Å². The zero-order valence-electron chi connectivity index (χ0n) is 10.8. The molecule has 0 saturated carbocycles. The highest BCUT2D eigenvalue weighted by atomic mass is 32.2. The van der Waals surface area contributed by atoms with Gasteiger partial charge in [0.1, 0.15) is 0 Å². The average molecular weight is 287 g/mol. The zero-order valence-corrected chi connectivity index (χ0v) is 11.6. The lowest BCUT2D eigenvalue weighted by molar-refractivity contribution is 0.0697. The van der Waals surface area contributed by atoms with E-state index < -0.39 is 16.0 Å². The van der Waals surface area contributed by atoms with E-state index in [1.807, 2.05) is 0 Å². The van der Waals surface area contributed by atoms with Crippen LogP contribution in [0.5, 0.6) is 0 Å². The molecule has 1 aromatic rings. The Kier molecular flexibility index (Phi) is 4.73. The van der Waals surface area contributed by atoms with Crippen molar-refractivity contribution in [2.75, 3.05) is 37.4 Å². The molecule has 1 rings (SSSR count). The molecule has 0 amide bonds. The number of nitrogen functional groups attached to an aromatic ring is 1. The van der Waals surface area contributed by atoms with Crippen molar-refractivity contribution < 1.29 is 18.3 Å². The molecule has 7 nitrogen and oxygen atoms in total. The lowest BCUT2D eigenvalue weighted by Gasteiger charge is -2.13. The topological polar surface area (TPSA) is 113 Å². The van der Waals surface area contributed by atoms with E-state index in [0.717, 1.165) is 4.31 Å². The number of carbonyl (C=O) groups is 1. The largest absolute Gasteiger partial charge is 0.478 e. The number of aromatic carboxylic acids is 1. The van der Waals surface area contributed by atoms with Crippen molar-refractivity contribution in [1.29, 1.82) is 0 Å². The number of anilines is 2. The van der Waals surface area contributed by atoms with Gasteiger partial charge in [-0.3, -0.25) is 0 Å². The van der Waals surface area contributed by atoms with Gasteiger partial charge in [0, 0.05) is 20.6 Å². The predicted octanol–water partition coefficient (Wildman–Crippen LogP) is 0.270. The number of nitrogens with two attached hydrogens (primary N) is 1. The van der Waals surface area contributed by atoms with Crippen LogP contribution in [0.25, 0.3) is 0 Å². The van der Waals surface area contributed by atoms with Crippen LogP contribution >= 0.6 is 0 Å². The first-order valence-corrected chi connectivity index (χ1v) is 7.12. The Labute approximate surface area is 112 Å². The quantitative estimate of drug-likeness (QED) is 0.647. The molecule has 19 heavy (non-hydrogen) atoms. The summed E-state index contributed by atoms with van der Waals surface area (Å²) in [6.07, 6.45) is 0. The number of nitrogens with one attached hydrogen (secondary N) is 1. The monoisotopic (exact) mass is 287 g/mol. The zero-order chi connectivity index (χ0) is 14.6. The standard InChI is InChI=1S/C11H17N3O4S/c1-14(2)19(17,18)6-5-13-10-4-3-8(11(15)16)7-9(10)12/h3-4,7,13H,5-6,12H2,1-2H3,(H,15,16). The maximum absolute atomic E-state index is 11.5. The smallest absolute Gasteiger partial charge is 0.335 e. The van der Waals surface area contributed by atoms with Crippen molar-refractivity contribution >= 4 is 27.4 Å². The molecule has 0 heterocycles. The van der Waals surface area contributed by atoms with E-state index in [1.54, 1.807) is 0 Å². The second-order valence-electron chi connectivity index (χ2n) is 4.13. The molecule has 0 atom stereocenters. The summed E-state index contributed by atoms with van der Waals surface area (Å²) in [5.74, 6) is -1.13. The van der Waals surface area contributed by atoms with E-state index in [2.05, 4.69) is 5.32 Å². The molecule has 8 heteroatoms. The lowest BCUT2D eigenvalue weighted by Crippen LogP contribution is -2.28. The molecular weight excluding hydrogens is 270 g/mol. The van der Waals surface area contributed by atoms with Gasteiger partial charge in [-0.05, 0) is 18.2 Å². The van der Waals surface area contributed by atoms with Gasteiger partial charge in [0.05, 0.1) is 22.7 Å². The summed E-state index contributed by atoms with van der Waals surface area (Å²) in [5.41, 5.74) is 6.55. The highest BCUT2D eigenvalue weighted by molar-refractivity contribution is 7.89. The number of carboxylic acids is 1. The van der Waals surface area contributed by atoms with Gasteiger partial charge < -0.3 is 16.2 Å². The maximum Gasteiger partial charge on any atom is 0.335 e. The molecule has 0 aliphatic rings. The molecule has 1 aromatic carbocycles. The number of hydrogen-bond acceptors (Lipinski definition) is 5. The number of carboxylic acid groups (broad SMARTS) is 1. The van der Waals surface area contributed by atoms with Gasteiger partial charge in [-0.25, -0.2) is 17.5 Å². The highest BCUT2D eigenvalue weighted by Crippen LogP contribution is 2.19. The first kappa shape index (κ1) is 15.3. The van der Waals surface area contributed by atoms with Gasteiger partial charge in [0.2, 0.25) is 10.0 Å². The number of rotatable bonds is 6. The Morgan fingerprint density at radius 1 is 1.42 bits per heavy atom. The third-order valence-electron chi connectivity index (χ3n) is 2.53. The highest BCUT2D eigenvalue weighted by Gasteiger charge is 2.13. The normalized spacial score (nSPS) is 11.5. The third kappa shape index (κ3) is 4.11. The van der Waals surface area contributed by atoms with E-state index in [1.165, 1.54) is 32.3 Å². The van der Waals surface area contributed by atoms with Gasteiger partial charge in [0.25, 0.3) is 0 Å². The summed E-state index contributed by atoms with van der Waals surface area (Å²) < 4.78 is 24.2. The fraction of sp³-hybridized carbons (Fsp3) is 0.364. The van der Waals surface area contributed by atoms with Gasteiger partial charge in [-0.1, -0.05) is 0 Å². The fourth-order valence-corrected chi connectivity index (χ4v) is 2.08. The summed E-state index contributed by atoms with van der Waals surface area (Å²) in [6, 6.07) is 4.24. The Morgan fingerprint density at radius 3 is 2.53 bits per heavy atom. The number of sulfonamides is 1. The number of benzene rings is 1. The minimum Gasteiger partial charge on any atom is -0.478 e. The first-order valence-electron chi connectivity index (χ1n) is 5.51. The molecule has 0 bridgehead atoms. The molecule has 4 N–H and O–H groups in total. The molecule has 0 saturated heterocycles. The lowest BCUT2D eigenvalue weighted by atomic mass is 10.2. The Balaban J connectivity index is 2.67. The molecular formula is C11H17N3O4S. The Bertz CT molecular complexity index is 569. The van der Waals surface area contributed by atoms with Gasteiger partial charge in [-0.15, -0.1) is 0 Å². The van der Waals surface area contributed by atoms with E-state index >= 15 is 0 Å². The summed E-state index contributed by atoms with van der Waals surface area (Å²) >= 11 is 0. The summed E-state index contributed by atoms with van der Waals surface area (Å²) in [7, 11) is -0.340. The summed E-state index contributed by atoms with van der Waals surface area (Å²) in [5, 5.41) is 11.6. The second-order valence-corrected chi connectivity index (χ2v) is 6.43. The minimum absolute atomic E-state index is 0.0693. The Hall–Kier alpha value is -1.80. The average Bonchev–Trinajstić information content (AvgIpc) is 2.30. The molecule has 0 spiro atoms. The maximum atomic E-state index is 11.5. The van der Waals surface area contributed by atoms with Crippen LogP contribution in [0.4, 0.5) is 11.4 Å². The SMILES string of the molecule is CN(C)S(=O)(=O)CCNc1ccc(C(=O)O)cc1N. The van der Waals surface area contributed by atoms with Crippen molar-refractivity contribution in [2.24, 2.45) is 0 Å². The molecule has 0 unspecified atom stereocenters. The van der Waals surface area contributed by atoms with E-state index in [-0.39, 0.29) is 23.5 Å². The van der Waals surface area contributed by atoms with Gasteiger partial charge in [0.15, 0.2) is 0 Å². The van der Waals surface area contributed by atoms with Crippen LogP contribution in [0.1, 0.15) is 10.4 Å². The first-order chi connectivity index (χ1) is 8.74. The van der Waals surface area contributed by atoms with E-state index in [9.17, 15) is 13.2 Å². The van der Waals surface area contributed by atoms with Crippen LogP contribution in [0.2, 0.25) is 0 Å². The number of hydrogen-bond donors (Lipinski definition) is 3. The molecule has 0 radical (unpaired) electrons. The van der Waals surface area contributed by atoms with E-state index in [0.29, 0.717) is 5.69 Å². The second kappa shape index (κ2) is 5.89. The van der Waals surface area contributed by atoms with Crippen LogP contribution in [0.3, 0.4) is 0 Å². The van der Waals surface area contributed by atoms with Gasteiger partial charge in [-0.2, -0.15) is 0 Å². The minimum atomic E-state index is -3.27. The predicted molar refractivity (Wildman–Crippen MR) is 73.8 cm³/mol.